The van der Waals surface area contributed by atoms with Gasteiger partial charge in [0.15, 0.2) is 0 Å². The number of amides is 1. The third-order valence-corrected chi connectivity index (χ3v) is 4.92. The predicted molar refractivity (Wildman–Crippen MR) is 105 cm³/mol. The third-order valence-electron chi connectivity index (χ3n) is 4.92. The first kappa shape index (κ1) is 19.3. The number of likely N-dealkylation sites (tertiary alicyclic amines) is 1. The van der Waals surface area contributed by atoms with Gasteiger partial charge in [0.2, 0.25) is 0 Å². The molecular formula is C21H28N4O2. The summed E-state index contributed by atoms with van der Waals surface area (Å²) in [4.78, 5) is 23.4. The Morgan fingerprint density at radius 2 is 2.15 bits per heavy atom. The van der Waals surface area contributed by atoms with Crippen molar-refractivity contribution in [3.63, 3.8) is 0 Å². The van der Waals surface area contributed by atoms with Crippen LogP contribution < -0.4 is 10.1 Å². The van der Waals surface area contributed by atoms with Gasteiger partial charge in [0.25, 0.3) is 5.91 Å². The van der Waals surface area contributed by atoms with Crippen molar-refractivity contribution in [2.24, 2.45) is 5.92 Å². The molecular weight excluding hydrogens is 340 g/mol. The van der Waals surface area contributed by atoms with Crippen molar-refractivity contribution in [1.82, 2.24) is 20.2 Å². The van der Waals surface area contributed by atoms with Crippen LogP contribution in [0.5, 0.6) is 11.5 Å². The molecule has 0 aromatic carbocycles. The zero-order valence-corrected chi connectivity index (χ0v) is 16.3. The van der Waals surface area contributed by atoms with Gasteiger partial charge in [-0.05, 0) is 64.3 Å². The van der Waals surface area contributed by atoms with Crippen molar-refractivity contribution in [3.8, 4) is 11.5 Å². The van der Waals surface area contributed by atoms with Gasteiger partial charge in [0.05, 0.1) is 6.20 Å². The molecule has 27 heavy (non-hydrogen) atoms. The Bertz CT molecular complexity index is 761. The molecule has 1 atom stereocenters. The van der Waals surface area contributed by atoms with Gasteiger partial charge in [-0.2, -0.15) is 0 Å². The van der Waals surface area contributed by atoms with Crippen molar-refractivity contribution in [2.75, 3.05) is 19.6 Å². The number of hydrogen-bond acceptors (Lipinski definition) is 5. The molecule has 3 rings (SSSR count). The Balaban J connectivity index is 1.56. The van der Waals surface area contributed by atoms with Gasteiger partial charge in [-0.1, -0.05) is 0 Å². The maximum absolute atomic E-state index is 12.5. The van der Waals surface area contributed by atoms with E-state index in [9.17, 15) is 4.79 Å². The number of piperidine rings is 1. The smallest absolute Gasteiger partial charge is 0.270 e. The number of rotatable bonds is 6. The van der Waals surface area contributed by atoms with Crippen LogP contribution in [0.2, 0.25) is 0 Å². The second-order valence-electron chi connectivity index (χ2n) is 7.42. The largest absolute Gasteiger partial charge is 0.456 e. The Labute approximate surface area is 161 Å². The summed E-state index contributed by atoms with van der Waals surface area (Å²) in [7, 11) is 0. The van der Waals surface area contributed by atoms with E-state index >= 15 is 0 Å². The lowest BCUT2D eigenvalue weighted by Crippen LogP contribution is -2.43. The standard InChI is InChI=1S/C21H28N4O2/c1-15(2)25-10-4-5-17(14-25)12-24-21(26)20-11-18(8-9-22-20)27-19-7-6-16(3)23-13-19/h6-9,11,13,15,17H,4-5,10,12,14H2,1-3H3,(H,24,26)/t17-/m1/s1. The van der Waals surface area contributed by atoms with Gasteiger partial charge in [0.1, 0.15) is 17.2 Å². The molecule has 1 N–H and O–H groups in total. The van der Waals surface area contributed by atoms with E-state index in [1.165, 1.54) is 6.42 Å². The molecule has 0 radical (unpaired) electrons. The summed E-state index contributed by atoms with van der Waals surface area (Å²) in [5.41, 5.74) is 1.29. The van der Waals surface area contributed by atoms with Gasteiger partial charge in [-0.3, -0.25) is 14.8 Å². The van der Waals surface area contributed by atoms with E-state index in [4.69, 9.17) is 4.74 Å². The summed E-state index contributed by atoms with van der Waals surface area (Å²) in [6, 6.07) is 7.69. The second kappa shape index (κ2) is 8.95. The highest BCUT2D eigenvalue weighted by molar-refractivity contribution is 5.92. The van der Waals surface area contributed by atoms with Crippen molar-refractivity contribution >= 4 is 5.91 Å². The van der Waals surface area contributed by atoms with Crippen LogP contribution in [-0.4, -0.2) is 46.5 Å². The second-order valence-corrected chi connectivity index (χ2v) is 7.42. The Kier molecular flexibility index (Phi) is 6.40. The highest BCUT2D eigenvalue weighted by atomic mass is 16.5. The fourth-order valence-electron chi connectivity index (χ4n) is 3.31. The number of carbonyl (C=O) groups excluding carboxylic acids is 1. The first-order chi connectivity index (χ1) is 13.0. The number of aryl methyl sites for hydroxylation is 1. The van der Waals surface area contributed by atoms with E-state index in [1.54, 1.807) is 24.5 Å². The molecule has 2 aromatic rings. The predicted octanol–water partition coefficient (Wildman–Crippen LogP) is 3.43. The molecule has 1 saturated heterocycles. The molecule has 6 nitrogen and oxygen atoms in total. The normalized spacial score (nSPS) is 17.7. The number of ether oxygens (including phenoxy) is 1. The van der Waals surface area contributed by atoms with Gasteiger partial charge in [-0.15, -0.1) is 0 Å². The van der Waals surface area contributed by atoms with Crippen LogP contribution in [0.3, 0.4) is 0 Å². The maximum atomic E-state index is 12.5. The van der Waals surface area contributed by atoms with Gasteiger partial charge in [-0.25, -0.2) is 0 Å². The quantitative estimate of drug-likeness (QED) is 0.846. The molecule has 2 aromatic heterocycles. The molecule has 3 heterocycles. The molecule has 144 valence electrons. The number of aromatic nitrogens is 2. The molecule has 0 saturated carbocycles. The minimum atomic E-state index is -0.163. The zero-order chi connectivity index (χ0) is 19.2. The highest BCUT2D eigenvalue weighted by Crippen LogP contribution is 2.21. The fourth-order valence-corrected chi connectivity index (χ4v) is 3.31. The zero-order valence-electron chi connectivity index (χ0n) is 16.3. The van der Waals surface area contributed by atoms with Crippen LogP contribution in [-0.2, 0) is 0 Å². The van der Waals surface area contributed by atoms with Gasteiger partial charge < -0.3 is 15.0 Å². The molecule has 0 spiro atoms. The fraction of sp³-hybridized carbons (Fsp3) is 0.476. The van der Waals surface area contributed by atoms with Crippen molar-refractivity contribution in [3.05, 3.63) is 48.0 Å². The summed E-state index contributed by atoms with van der Waals surface area (Å²) in [6.45, 7) is 9.23. The molecule has 1 fully saturated rings. The van der Waals surface area contributed by atoms with Crippen LogP contribution in [0.15, 0.2) is 36.7 Å². The molecule has 0 bridgehead atoms. The van der Waals surface area contributed by atoms with Crippen LogP contribution in [0.1, 0.15) is 42.9 Å². The monoisotopic (exact) mass is 368 g/mol. The van der Waals surface area contributed by atoms with E-state index in [1.807, 2.05) is 19.1 Å². The van der Waals surface area contributed by atoms with Crippen molar-refractivity contribution in [2.45, 2.75) is 39.7 Å². The number of nitrogens with zero attached hydrogens (tertiary/aromatic N) is 3. The summed E-state index contributed by atoms with van der Waals surface area (Å²) in [5.74, 6) is 1.53. The number of hydrogen-bond donors (Lipinski definition) is 1. The summed E-state index contributed by atoms with van der Waals surface area (Å²) in [5, 5.41) is 3.03. The van der Waals surface area contributed by atoms with Gasteiger partial charge in [0, 0.05) is 37.1 Å². The maximum Gasteiger partial charge on any atom is 0.270 e. The lowest BCUT2D eigenvalue weighted by Gasteiger charge is -2.35. The third kappa shape index (κ3) is 5.50. The topological polar surface area (TPSA) is 67.3 Å². The molecule has 6 heteroatoms. The van der Waals surface area contributed by atoms with Crippen molar-refractivity contribution in [1.29, 1.82) is 0 Å². The molecule has 1 aliphatic heterocycles. The summed E-state index contributed by atoms with van der Waals surface area (Å²) < 4.78 is 5.77. The number of nitrogens with one attached hydrogen (secondary N) is 1. The van der Waals surface area contributed by atoms with E-state index in [2.05, 4.69) is 34.0 Å². The van der Waals surface area contributed by atoms with E-state index in [-0.39, 0.29) is 5.91 Å². The van der Waals surface area contributed by atoms with Crippen LogP contribution in [0.4, 0.5) is 0 Å². The van der Waals surface area contributed by atoms with Crippen LogP contribution in [0, 0.1) is 12.8 Å². The molecule has 0 unspecified atom stereocenters. The molecule has 0 aliphatic carbocycles. The van der Waals surface area contributed by atoms with E-state index in [0.29, 0.717) is 35.7 Å². The van der Waals surface area contributed by atoms with E-state index in [0.717, 1.165) is 25.2 Å². The van der Waals surface area contributed by atoms with Crippen LogP contribution in [0.25, 0.3) is 0 Å². The Hall–Kier alpha value is -2.47. The summed E-state index contributed by atoms with van der Waals surface area (Å²) >= 11 is 0. The SMILES string of the molecule is Cc1ccc(Oc2ccnc(C(=O)NC[C@H]3CCCN(C(C)C)C3)c2)cn1. The lowest BCUT2D eigenvalue weighted by molar-refractivity contribution is 0.0917. The number of pyridine rings is 2. The Morgan fingerprint density at radius 1 is 1.30 bits per heavy atom. The van der Waals surface area contributed by atoms with Gasteiger partial charge >= 0.3 is 0 Å². The van der Waals surface area contributed by atoms with Crippen LogP contribution >= 0.6 is 0 Å². The Morgan fingerprint density at radius 3 is 2.89 bits per heavy atom. The minimum absolute atomic E-state index is 0.163. The average Bonchev–Trinajstić information content (AvgIpc) is 2.68. The highest BCUT2D eigenvalue weighted by Gasteiger charge is 2.22. The van der Waals surface area contributed by atoms with Crippen molar-refractivity contribution < 1.29 is 9.53 Å². The summed E-state index contributed by atoms with van der Waals surface area (Å²) in [6.07, 6.45) is 5.59. The average molecular weight is 368 g/mol. The molecule has 1 amide bonds. The minimum Gasteiger partial charge on any atom is -0.456 e. The van der Waals surface area contributed by atoms with E-state index < -0.39 is 0 Å². The first-order valence-electron chi connectivity index (χ1n) is 9.60. The number of carbonyl (C=O) groups is 1. The lowest BCUT2D eigenvalue weighted by atomic mass is 9.97. The first-order valence-corrected chi connectivity index (χ1v) is 9.60. The molecule has 1 aliphatic rings.